The summed E-state index contributed by atoms with van der Waals surface area (Å²) in [6.45, 7) is 5.53. The first-order valence-electron chi connectivity index (χ1n) is 11.2. The van der Waals surface area contributed by atoms with Gasteiger partial charge >= 0.3 is 0 Å². The van der Waals surface area contributed by atoms with E-state index in [4.69, 9.17) is 35.9 Å². The summed E-state index contributed by atoms with van der Waals surface area (Å²) in [4.78, 5) is 6.77. The van der Waals surface area contributed by atoms with Crippen LogP contribution in [0.4, 0.5) is 0 Å². The van der Waals surface area contributed by atoms with Gasteiger partial charge in [-0.05, 0) is 54.9 Å². The predicted octanol–water partition coefficient (Wildman–Crippen LogP) is 4.34. The number of methoxy groups -OCH3 is 1. The molecule has 0 spiro atoms. The molecule has 1 atom stereocenters. The molecule has 5 rings (SSSR count). The number of allylic oxidation sites excluding steroid dienone is 1. The summed E-state index contributed by atoms with van der Waals surface area (Å²) in [5.41, 5.74) is 4.97. The minimum Gasteiger partial charge on any atom is -0.454 e. The maximum Gasteiger partial charge on any atom is 0.258 e. The van der Waals surface area contributed by atoms with Gasteiger partial charge < -0.3 is 29.0 Å². The Kier molecular flexibility index (Phi) is 6.21. The summed E-state index contributed by atoms with van der Waals surface area (Å²) in [5.74, 6) is 2.29. The third-order valence-corrected chi connectivity index (χ3v) is 6.46. The average molecular weight is 479 g/mol. The minimum absolute atomic E-state index is 0.212. The van der Waals surface area contributed by atoms with Crippen molar-refractivity contribution < 1.29 is 18.7 Å². The van der Waals surface area contributed by atoms with Crippen LogP contribution in [0.1, 0.15) is 36.9 Å². The first-order chi connectivity index (χ1) is 16.6. The van der Waals surface area contributed by atoms with Crippen LogP contribution in [0.5, 0.6) is 11.5 Å². The summed E-state index contributed by atoms with van der Waals surface area (Å²) in [6, 6.07) is 13.9. The monoisotopic (exact) mass is 478 g/mol. The lowest BCUT2D eigenvalue weighted by Gasteiger charge is -2.37. The molecule has 0 radical (unpaired) electrons. The van der Waals surface area contributed by atoms with E-state index >= 15 is 0 Å². The Bertz CT molecular complexity index is 1240. The van der Waals surface area contributed by atoms with Gasteiger partial charge in [-0.15, -0.1) is 0 Å². The van der Waals surface area contributed by atoms with E-state index in [0.717, 1.165) is 28.8 Å². The van der Waals surface area contributed by atoms with Gasteiger partial charge in [0.15, 0.2) is 16.6 Å². The fourth-order valence-corrected chi connectivity index (χ4v) is 4.54. The summed E-state index contributed by atoms with van der Waals surface area (Å²) in [5, 5.41) is 8.37. The fourth-order valence-electron chi connectivity index (χ4n) is 4.19. The lowest BCUT2D eigenvalue weighted by Crippen LogP contribution is -2.47. The summed E-state index contributed by atoms with van der Waals surface area (Å²) in [6.07, 6.45) is 0.978. The molecule has 2 aliphatic heterocycles. The maximum absolute atomic E-state index is 5.80. The van der Waals surface area contributed by atoms with Crippen LogP contribution >= 0.6 is 12.2 Å². The molecule has 2 aliphatic rings. The zero-order valence-corrected chi connectivity index (χ0v) is 20.1. The Balaban J connectivity index is 1.55. The van der Waals surface area contributed by atoms with E-state index in [1.807, 2.05) is 30.0 Å². The highest BCUT2D eigenvalue weighted by atomic mass is 32.1. The lowest BCUT2D eigenvalue weighted by atomic mass is 9.94. The standard InChI is InChI=1S/C25H26N4O4S/c1-4-16-5-7-17(8-6-16)22-21(15(2)29(11-12-30-3)25(34)26-22)24-27-23(28-33-24)18-9-10-19-20(13-18)32-14-31-19/h5-10,13,22H,4,11-12,14H2,1-3H3,(H,26,34). The largest absolute Gasteiger partial charge is 0.454 e. The van der Waals surface area contributed by atoms with E-state index in [-0.39, 0.29) is 12.8 Å². The number of nitrogens with one attached hydrogen (secondary N) is 1. The van der Waals surface area contributed by atoms with Gasteiger partial charge in [-0.1, -0.05) is 36.3 Å². The molecule has 34 heavy (non-hydrogen) atoms. The number of aryl methyl sites for hydroxylation is 1. The molecular formula is C25H26N4O4S. The van der Waals surface area contributed by atoms with Crippen molar-refractivity contribution >= 4 is 22.9 Å². The molecule has 2 aromatic carbocycles. The Morgan fingerprint density at radius 1 is 1.15 bits per heavy atom. The molecular weight excluding hydrogens is 452 g/mol. The summed E-state index contributed by atoms with van der Waals surface area (Å²) < 4.78 is 22.0. The Morgan fingerprint density at radius 2 is 1.94 bits per heavy atom. The Labute approximate surface area is 203 Å². The highest BCUT2D eigenvalue weighted by molar-refractivity contribution is 7.80. The van der Waals surface area contributed by atoms with E-state index in [1.54, 1.807) is 7.11 Å². The molecule has 3 aromatic rings. The van der Waals surface area contributed by atoms with Crippen molar-refractivity contribution in [2.75, 3.05) is 27.1 Å². The molecule has 8 nitrogen and oxygen atoms in total. The summed E-state index contributed by atoms with van der Waals surface area (Å²) in [7, 11) is 1.67. The van der Waals surface area contributed by atoms with Crippen LogP contribution in [-0.4, -0.2) is 47.2 Å². The second-order valence-electron chi connectivity index (χ2n) is 8.11. The normalized spacial score (nSPS) is 17.3. The van der Waals surface area contributed by atoms with Crippen LogP contribution in [0.3, 0.4) is 0 Å². The quantitative estimate of drug-likeness (QED) is 0.499. The Hall–Kier alpha value is -3.43. The van der Waals surface area contributed by atoms with E-state index in [2.05, 4.69) is 41.7 Å². The van der Waals surface area contributed by atoms with Crippen molar-refractivity contribution in [3.8, 4) is 22.9 Å². The van der Waals surface area contributed by atoms with Gasteiger partial charge in [-0.2, -0.15) is 4.98 Å². The number of ether oxygens (including phenoxy) is 3. The molecule has 1 unspecified atom stereocenters. The lowest BCUT2D eigenvalue weighted by molar-refractivity contribution is 0.174. The van der Waals surface area contributed by atoms with Crippen molar-refractivity contribution in [2.45, 2.75) is 26.3 Å². The van der Waals surface area contributed by atoms with Crippen LogP contribution in [0.2, 0.25) is 0 Å². The molecule has 0 bridgehead atoms. The number of hydrogen-bond donors (Lipinski definition) is 1. The van der Waals surface area contributed by atoms with Crippen LogP contribution in [0, 0.1) is 0 Å². The van der Waals surface area contributed by atoms with E-state index < -0.39 is 0 Å². The fraction of sp³-hybridized carbons (Fsp3) is 0.320. The van der Waals surface area contributed by atoms with Gasteiger partial charge in [0.05, 0.1) is 18.2 Å². The van der Waals surface area contributed by atoms with Gasteiger partial charge in [0.25, 0.3) is 5.89 Å². The number of benzene rings is 2. The number of thiocarbonyl (C=S) groups is 1. The van der Waals surface area contributed by atoms with E-state index in [0.29, 0.717) is 41.5 Å². The number of fused-ring (bicyclic) bond motifs is 1. The van der Waals surface area contributed by atoms with Gasteiger partial charge in [0, 0.05) is 24.9 Å². The summed E-state index contributed by atoms with van der Waals surface area (Å²) >= 11 is 5.71. The van der Waals surface area contributed by atoms with E-state index in [9.17, 15) is 0 Å². The van der Waals surface area contributed by atoms with Crippen molar-refractivity contribution in [1.29, 1.82) is 0 Å². The van der Waals surface area contributed by atoms with Gasteiger partial charge in [-0.25, -0.2) is 0 Å². The van der Waals surface area contributed by atoms with Crippen molar-refractivity contribution in [1.82, 2.24) is 20.4 Å². The van der Waals surface area contributed by atoms with Crippen LogP contribution in [0.15, 0.2) is 52.7 Å². The molecule has 0 aliphatic carbocycles. The minimum atomic E-state index is -0.220. The molecule has 176 valence electrons. The molecule has 9 heteroatoms. The SMILES string of the molecule is CCc1ccc(C2NC(=S)N(CCOC)C(C)=C2c2nc(-c3ccc4c(c3)OCO4)no2)cc1. The number of nitrogens with zero attached hydrogens (tertiary/aromatic N) is 3. The first kappa shape index (κ1) is 22.4. The molecule has 0 amide bonds. The van der Waals surface area contributed by atoms with Crippen molar-refractivity contribution in [2.24, 2.45) is 0 Å². The van der Waals surface area contributed by atoms with Crippen molar-refractivity contribution in [3.63, 3.8) is 0 Å². The molecule has 3 heterocycles. The smallest absolute Gasteiger partial charge is 0.258 e. The highest BCUT2D eigenvalue weighted by Gasteiger charge is 2.34. The number of rotatable bonds is 7. The third kappa shape index (κ3) is 4.12. The molecule has 1 aromatic heterocycles. The third-order valence-electron chi connectivity index (χ3n) is 6.12. The average Bonchev–Trinajstić information content (AvgIpc) is 3.53. The molecule has 1 N–H and O–H groups in total. The van der Waals surface area contributed by atoms with Gasteiger partial charge in [0.1, 0.15) is 0 Å². The van der Waals surface area contributed by atoms with Crippen molar-refractivity contribution in [3.05, 3.63) is 65.2 Å². The highest BCUT2D eigenvalue weighted by Crippen LogP contribution is 2.39. The van der Waals surface area contributed by atoms with Crippen LogP contribution in [-0.2, 0) is 11.2 Å². The van der Waals surface area contributed by atoms with Gasteiger partial charge in [-0.3, -0.25) is 0 Å². The second kappa shape index (κ2) is 9.44. The zero-order valence-electron chi connectivity index (χ0n) is 19.3. The predicted molar refractivity (Wildman–Crippen MR) is 131 cm³/mol. The number of hydrogen-bond acceptors (Lipinski definition) is 7. The molecule has 0 fully saturated rings. The van der Waals surface area contributed by atoms with Crippen LogP contribution < -0.4 is 14.8 Å². The molecule has 0 saturated carbocycles. The topological polar surface area (TPSA) is 81.9 Å². The maximum atomic E-state index is 5.80. The van der Waals surface area contributed by atoms with Gasteiger partial charge in [0.2, 0.25) is 12.6 Å². The molecule has 0 saturated heterocycles. The zero-order chi connectivity index (χ0) is 23.7. The Morgan fingerprint density at radius 3 is 2.71 bits per heavy atom. The number of aromatic nitrogens is 2. The van der Waals surface area contributed by atoms with E-state index in [1.165, 1.54) is 5.56 Å². The van der Waals surface area contributed by atoms with Crippen LogP contribution in [0.25, 0.3) is 17.0 Å². The second-order valence-corrected chi connectivity index (χ2v) is 8.50. The first-order valence-corrected chi connectivity index (χ1v) is 11.6.